The van der Waals surface area contributed by atoms with Crippen LogP contribution in [0.4, 0.5) is 5.69 Å². The van der Waals surface area contributed by atoms with Gasteiger partial charge in [0, 0.05) is 0 Å². The number of hydrogen-bond donors (Lipinski definition) is 0. The average molecular weight is 278 g/mol. The Labute approximate surface area is 100 Å². The van der Waals surface area contributed by atoms with Crippen LogP contribution in [0, 0.1) is 10.1 Å². The van der Waals surface area contributed by atoms with Gasteiger partial charge in [-0.3, -0.25) is 10.1 Å². The van der Waals surface area contributed by atoms with Gasteiger partial charge in [0.2, 0.25) is 0 Å². The smallest absolute Gasteiger partial charge is 0.258 e. The molecule has 0 aromatic heterocycles. The van der Waals surface area contributed by atoms with Crippen molar-refractivity contribution >= 4 is 32.4 Å². The zero-order valence-electron chi connectivity index (χ0n) is 8.37. The Morgan fingerprint density at radius 2 is 2.00 bits per heavy atom. The van der Waals surface area contributed by atoms with Gasteiger partial charge in [0.1, 0.15) is 0 Å². The summed E-state index contributed by atoms with van der Waals surface area (Å²) >= 11 is 3.29. The summed E-state index contributed by atoms with van der Waals surface area (Å²) < 4.78 is 0.582. The van der Waals surface area contributed by atoms with Crippen LogP contribution in [-0.2, 0) is 12.8 Å². The summed E-state index contributed by atoms with van der Waals surface area (Å²) in [6, 6.07) is 7.66. The largest absolute Gasteiger partial charge is 0.291 e. The van der Waals surface area contributed by atoms with Crippen LogP contribution in [-0.4, -0.2) is 4.92 Å². The lowest BCUT2D eigenvalue weighted by molar-refractivity contribution is -0.383. The summed E-state index contributed by atoms with van der Waals surface area (Å²) in [5.41, 5.74) is 2.62. The first-order valence-corrected chi connectivity index (χ1v) is 5.85. The molecule has 0 amide bonds. The molecule has 0 fully saturated rings. The Kier molecular flexibility index (Phi) is 2.01. The quantitative estimate of drug-likeness (QED) is 0.590. The molecule has 2 aromatic rings. The Morgan fingerprint density at radius 3 is 2.75 bits per heavy atom. The first-order chi connectivity index (χ1) is 7.68. The molecule has 4 heteroatoms. The second-order valence-corrected chi connectivity index (χ2v) is 4.82. The third-order valence-electron chi connectivity index (χ3n) is 3.10. The Balaban J connectivity index is 2.53. The molecule has 1 aliphatic carbocycles. The van der Waals surface area contributed by atoms with E-state index in [1.54, 1.807) is 0 Å². The fraction of sp³-hybridized carbons (Fsp3) is 0.167. The molecule has 80 valence electrons. The van der Waals surface area contributed by atoms with Crippen molar-refractivity contribution in [2.75, 3.05) is 0 Å². The standard InChI is InChI=1S/C12H8BrNO2/c13-10-6-8-5-4-7-2-1-3-9(11(7)8)12(10)14(15)16/h1-3,6H,4-5H2. The predicted molar refractivity (Wildman–Crippen MR) is 65.7 cm³/mol. The van der Waals surface area contributed by atoms with E-state index in [0.717, 1.165) is 23.6 Å². The molecule has 0 spiro atoms. The maximum atomic E-state index is 11.1. The molecular formula is C12H8BrNO2. The molecule has 1 aliphatic rings. The van der Waals surface area contributed by atoms with Crippen LogP contribution in [0.5, 0.6) is 0 Å². The number of hydrogen-bond acceptors (Lipinski definition) is 2. The first kappa shape index (κ1) is 9.78. The van der Waals surface area contributed by atoms with Crippen LogP contribution >= 0.6 is 15.9 Å². The minimum absolute atomic E-state index is 0.183. The molecule has 0 atom stereocenters. The van der Waals surface area contributed by atoms with Crippen molar-refractivity contribution in [3.05, 3.63) is 50.0 Å². The molecule has 0 radical (unpaired) electrons. The maximum absolute atomic E-state index is 11.1. The van der Waals surface area contributed by atoms with Crippen LogP contribution in [0.25, 0.3) is 10.8 Å². The van der Waals surface area contributed by atoms with Gasteiger partial charge in [-0.25, -0.2) is 0 Å². The van der Waals surface area contributed by atoms with E-state index in [0.29, 0.717) is 4.47 Å². The maximum Gasteiger partial charge on any atom is 0.291 e. The van der Waals surface area contributed by atoms with Gasteiger partial charge in [0.25, 0.3) is 5.69 Å². The molecular weight excluding hydrogens is 270 g/mol. The normalized spacial score (nSPS) is 13.3. The number of benzene rings is 2. The van der Waals surface area contributed by atoms with Crippen molar-refractivity contribution in [1.82, 2.24) is 0 Å². The number of rotatable bonds is 1. The molecule has 0 heterocycles. The van der Waals surface area contributed by atoms with Crippen LogP contribution in [0.2, 0.25) is 0 Å². The second kappa shape index (κ2) is 3.28. The molecule has 3 nitrogen and oxygen atoms in total. The molecule has 2 aromatic carbocycles. The number of nitro groups is 1. The van der Waals surface area contributed by atoms with E-state index in [1.165, 1.54) is 11.1 Å². The lowest BCUT2D eigenvalue weighted by atomic mass is 10.0. The van der Waals surface area contributed by atoms with Gasteiger partial charge in [0.05, 0.1) is 14.8 Å². The highest BCUT2D eigenvalue weighted by atomic mass is 79.9. The first-order valence-electron chi connectivity index (χ1n) is 5.06. The second-order valence-electron chi connectivity index (χ2n) is 3.96. The van der Waals surface area contributed by atoms with Crippen LogP contribution in [0.15, 0.2) is 28.7 Å². The summed E-state index contributed by atoms with van der Waals surface area (Å²) in [4.78, 5) is 10.7. The minimum Gasteiger partial charge on any atom is -0.258 e. The van der Waals surface area contributed by atoms with E-state index in [9.17, 15) is 10.1 Å². The van der Waals surface area contributed by atoms with E-state index < -0.39 is 0 Å². The van der Waals surface area contributed by atoms with Gasteiger partial charge < -0.3 is 0 Å². The van der Waals surface area contributed by atoms with Gasteiger partial charge in [0.15, 0.2) is 0 Å². The number of nitro benzene ring substituents is 1. The Morgan fingerprint density at radius 1 is 1.25 bits per heavy atom. The molecule has 3 rings (SSSR count). The SMILES string of the molecule is O=[N+]([O-])c1c(Br)cc2c3c(cccc13)CC2. The van der Waals surface area contributed by atoms with Gasteiger partial charge in [-0.15, -0.1) is 0 Å². The van der Waals surface area contributed by atoms with E-state index in [1.807, 2.05) is 18.2 Å². The molecule has 0 N–H and O–H groups in total. The highest BCUT2D eigenvalue weighted by Crippen LogP contribution is 2.40. The lowest BCUT2D eigenvalue weighted by Gasteiger charge is -2.04. The zero-order valence-corrected chi connectivity index (χ0v) is 9.95. The van der Waals surface area contributed by atoms with E-state index in [-0.39, 0.29) is 10.6 Å². The van der Waals surface area contributed by atoms with Crippen molar-refractivity contribution in [3.8, 4) is 0 Å². The van der Waals surface area contributed by atoms with Crippen molar-refractivity contribution in [2.24, 2.45) is 0 Å². The van der Waals surface area contributed by atoms with Crippen LogP contribution in [0.3, 0.4) is 0 Å². The summed E-state index contributed by atoms with van der Waals surface area (Å²) in [6.07, 6.45) is 1.97. The van der Waals surface area contributed by atoms with E-state index >= 15 is 0 Å². The summed E-state index contributed by atoms with van der Waals surface area (Å²) in [7, 11) is 0. The van der Waals surface area contributed by atoms with Gasteiger partial charge in [-0.2, -0.15) is 0 Å². The number of nitrogens with zero attached hydrogens (tertiary/aromatic N) is 1. The van der Waals surface area contributed by atoms with E-state index in [4.69, 9.17) is 0 Å². The van der Waals surface area contributed by atoms with Crippen LogP contribution < -0.4 is 0 Å². The summed E-state index contributed by atoms with van der Waals surface area (Å²) in [5.74, 6) is 0. The van der Waals surface area contributed by atoms with Crippen molar-refractivity contribution in [3.63, 3.8) is 0 Å². The topological polar surface area (TPSA) is 43.1 Å². The van der Waals surface area contributed by atoms with Crippen molar-refractivity contribution in [1.29, 1.82) is 0 Å². The van der Waals surface area contributed by atoms with Crippen molar-refractivity contribution < 1.29 is 4.92 Å². The molecule has 0 aliphatic heterocycles. The fourth-order valence-corrected chi connectivity index (χ4v) is 3.09. The molecule has 0 bridgehead atoms. The van der Waals surface area contributed by atoms with Crippen LogP contribution in [0.1, 0.15) is 11.1 Å². The number of aryl methyl sites for hydroxylation is 2. The monoisotopic (exact) mass is 277 g/mol. The van der Waals surface area contributed by atoms with Crippen molar-refractivity contribution in [2.45, 2.75) is 12.8 Å². The van der Waals surface area contributed by atoms with E-state index in [2.05, 4.69) is 22.0 Å². The number of halogens is 1. The molecule has 16 heavy (non-hydrogen) atoms. The molecule has 0 unspecified atom stereocenters. The zero-order chi connectivity index (χ0) is 11.3. The third kappa shape index (κ3) is 1.19. The lowest BCUT2D eigenvalue weighted by Crippen LogP contribution is -1.92. The third-order valence-corrected chi connectivity index (χ3v) is 3.70. The Hall–Kier alpha value is -1.42. The highest BCUT2D eigenvalue weighted by molar-refractivity contribution is 9.10. The van der Waals surface area contributed by atoms with Gasteiger partial charge in [-0.05, 0) is 57.4 Å². The minimum atomic E-state index is -0.314. The summed E-state index contributed by atoms with van der Waals surface area (Å²) in [5, 5.41) is 12.9. The summed E-state index contributed by atoms with van der Waals surface area (Å²) in [6.45, 7) is 0. The Bertz CT molecular complexity index is 622. The molecule has 0 saturated carbocycles. The molecule has 0 saturated heterocycles. The van der Waals surface area contributed by atoms with Gasteiger partial charge >= 0.3 is 0 Å². The average Bonchev–Trinajstić information content (AvgIpc) is 2.62. The fourth-order valence-electron chi connectivity index (χ4n) is 2.46. The van der Waals surface area contributed by atoms with Gasteiger partial charge in [-0.1, -0.05) is 12.1 Å². The highest BCUT2D eigenvalue weighted by Gasteiger charge is 2.23. The predicted octanol–water partition coefficient (Wildman–Crippen LogP) is 3.61.